The molecule has 0 saturated heterocycles. The molecule has 0 aromatic carbocycles. The highest BCUT2D eigenvalue weighted by atomic mass is 14.4. The second-order valence-corrected chi connectivity index (χ2v) is 7.06. The minimum Gasteiger partial charge on any atom is -0.103 e. The van der Waals surface area contributed by atoms with Gasteiger partial charge < -0.3 is 0 Å². The predicted molar refractivity (Wildman–Crippen MR) is 91.8 cm³/mol. The number of hydrogen-bond acceptors (Lipinski definition) is 0. The summed E-state index contributed by atoms with van der Waals surface area (Å²) in [6, 6.07) is 0. The van der Waals surface area contributed by atoms with Crippen LogP contribution in [0, 0.1) is 17.3 Å². The minimum atomic E-state index is 0.225. The molecule has 1 aliphatic carbocycles. The third kappa shape index (κ3) is 4.23. The molecule has 1 aliphatic rings. The van der Waals surface area contributed by atoms with Gasteiger partial charge >= 0.3 is 0 Å². The maximum Gasteiger partial charge on any atom is -0.00836 e. The highest BCUT2D eigenvalue weighted by Gasteiger charge is 2.38. The fourth-order valence-corrected chi connectivity index (χ4v) is 3.46. The standard InChI is InChI=1S/C20H32/c1-8-20(7)13-12-18(14-19(20)16(4)5)17(6)11-9-10-15(2)3/h8,10,18-19H,1,4,6,9,11-14H2,2-3,5,7H3/t18-,19+,20-/m1/s1. The Kier molecular flexibility index (Phi) is 6.05. The van der Waals surface area contributed by atoms with Gasteiger partial charge in [0.05, 0.1) is 0 Å². The molecule has 0 nitrogen and oxygen atoms in total. The van der Waals surface area contributed by atoms with E-state index >= 15 is 0 Å². The van der Waals surface area contributed by atoms with Crippen LogP contribution in [0.15, 0.2) is 48.6 Å². The van der Waals surface area contributed by atoms with Crippen molar-refractivity contribution in [3.05, 3.63) is 48.6 Å². The molecule has 1 fully saturated rings. The van der Waals surface area contributed by atoms with Crippen LogP contribution in [0.25, 0.3) is 0 Å². The lowest BCUT2D eigenvalue weighted by Crippen LogP contribution is -2.33. The van der Waals surface area contributed by atoms with Crippen LogP contribution >= 0.6 is 0 Å². The van der Waals surface area contributed by atoms with Gasteiger partial charge in [0.25, 0.3) is 0 Å². The summed E-state index contributed by atoms with van der Waals surface area (Å²) >= 11 is 0. The molecule has 1 saturated carbocycles. The summed E-state index contributed by atoms with van der Waals surface area (Å²) in [6.07, 6.45) is 10.4. The van der Waals surface area contributed by atoms with E-state index in [-0.39, 0.29) is 5.41 Å². The largest absolute Gasteiger partial charge is 0.103 e. The van der Waals surface area contributed by atoms with Gasteiger partial charge in [0.2, 0.25) is 0 Å². The van der Waals surface area contributed by atoms with Gasteiger partial charge in [0, 0.05) is 0 Å². The number of rotatable bonds is 6. The summed E-state index contributed by atoms with van der Waals surface area (Å²) in [5, 5.41) is 0. The smallest absolute Gasteiger partial charge is 0.00836 e. The zero-order chi connectivity index (χ0) is 15.3. The van der Waals surface area contributed by atoms with Gasteiger partial charge in [-0.2, -0.15) is 0 Å². The van der Waals surface area contributed by atoms with Crippen molar-refractivity contribution in [2.45, 2.75) is 59.8 Å². The summed E-state index contributed by atoms with van der Waals surface area (Å²) < 4.78 is 0. The summed E-state index contributed by atoms with van der Waals surface area (Å²) in [4.78, 5) is 0. The lowest BCUT2D eigenvalue weighted by Gasteiger charge is -2.44. The molecule has 0 aliphatic heterocycles. The first-order chi connectivity index (χ1) is 9.30. The van der Waals surface area contributed by atoms with E-state index in [0.29, 0.717) is 11.8 Å². The van der Waals surface area contributed by atoms with Crippen LogP contribution in [0.3, 0.4) is 0 Å². The van der Waals surface area contributed by atoms with Crippen LogP contribution in [-0.4, -0.2) is 0 Å². The van der Waals surface area contributed by atoms with Crippen LogP contribution in [0.4, 0.5) is 0 Å². The van der Waals surface area contributed by atoms with Gasteiger partial charge in [-0.05, 0) is 70.1 Å². The van der Waals surface area contributed by atoms with Crippen molar-refractivity contribution in [1.82, 2.24) is 0 Å². The third-order valence-electron chi connectivity index (χ3n) is 5.00. The Labute approximate surface area is 126 Å². The van der Waals surface area contributed by atoms with E-state index in [4.69, 9.17) is 0 Å². The quantitative estimate of drug-likeness (QED) is 0.486. The Bertz CT molecular complexity index is 406. The first kappa shape index (κ1) is 17.0. The molecule has 0 aromatic heterocycles. The molecule has 0 aromatic rings. The summed E-state index contributed by atoms with van der Waals surface area (Å²) in [7, 11) is 0. The molecule has 0 heterocycles. The van der Waals surface area contributed by atoms with Gasteiger partial charge in [0.1, 0.15) is 0 Å². The first-order valence-corrected chi connectivity index (χ1v) is 7.90. The van der Waals surface area contributed by atoms with Crippen molar-refractivity contribution in [2.24, 2.45) is 17.3 Å². The molecule has 0 unspecified atom stereocenters. The Morgan fingerprint density at radius 3 is 2.40 bits per heavy atom. The van der Waals surface area contributed by atoms with E-state index < -0.39 is 0 Å². The fourth-order valence-electron chi connectivity index (χ4n) is 3.46. The van der Waals surface area contributed by atoms with E-state index in [1.165, 1.54) is 36.0 Å². The predicted octanol–water partition coefficient (Wildman–Crippen LogP) is 6.47. The van der Waals surface area contributed by atoms with Crippen LogP contribution in [0.2, 0.25) is 0 Å². The van der Waals surface area contributed by atoms with Crippen molar-refractivity contribution in [2.75, 3.05) is 0 Å². The Balaban J connectivity index is 2.67. The van der Waals surface area contributed by atoms with Gasteiger partial charge in [-0.15, -0.1) is 6.58 Å². The van der Waals surface area contributed by atoms with Gasteiger partial charge in [-0.3, -0.25) is 0 Å². The monoisotopic (exact) mass is 272 g/mol. The first-order valence-electron chi connectivity index (χ1n) is 7.90. The van der Waals surface area contributed by atoms with E-state index in [9.17, 15) is 0 Å². The topological polar surface area (TPSA) is 0 Å². The highest BCUT2D eigenvalue weighted by Crippen LogP contribution is 2.49. The molecule has 112 valence electrons. The average Bonchev–Trinajstić information content (AvgIpc) is 2.38. The molecule has 20 heavy (non-hydrogen) atoms. The van der Waals surface area contributed by atoms with Crippen LogP contribution in [0.1, 0.15) is 59.8 Å². The summed E-state index contributed by atoms with van der Waals surface area (Å²) in [6.45, 7) is 21.5. The maximum absolute atomic E-state index is 4.36. The van der Waals surface area contributed by atoms with Gasteiger partial charge in [-0.25, -0.2) is 0 Å². The zero-order valence-electron chi connectivity index (χ0n) is 14.0. The third-order valence-corrected chi connectivity index (χ3v) is 5.00. The minimum absolute atomic E-state index is 0.225. The molecule has 0 amide bonds. The molecule has 0 radical (unpaired) electrons. The lowest BCUT2D eigenvalue weighted by molar-refractivity contribution is 0.168. The Hall–Kier alpha value is -1.04. The SMILES string of the molecule is C=C[C@]1(C)CC[C@@H](C(=C)CCC=C(C)C)C[C@H]1C(=C)C. The molecule has 1 rings (SSSR count). The Morgan fingerprint density at radius 1 is 1.25 bits per heavy atom. The van der Waals surface area contributed by atoms with E-state index in [1.54, 1.807) is 0 Å². The number of allylic oxidation sites excluding steroid dienone is 5. The summed E-state index contributed by atoms with van der Waals surface area (Å²) in [5.74, 6) is 1.22. The lowest BCUT2D eigenvalue weighted by atomic mass is 9.61. The van der Waals surface area contributed by atoms with Gasteiger partial charge in [0.15, 0.2) is 0 Å². The molecular weight excluding hydrogens is 240 g/mol. The fraction of sp³-hybridized carbons (Fsp3) is 0.600. The van der Waals surface area contributed by atoms with Crippen molar-refractivity contribution in [3.63, 3.8) is 0 Å². The zero-order valence-corrected chi connectivity index (χ0v) is 14.0. The molecule has 0 bridgehead atoms. The second kappa shape index (κ2) is 7.11. The van der Waals surface area contributed by atoms with Crippen molar-refractivity contribution in [1.29, 1.82) is 0 Å². The van der Waals surface area contributed by atoms with E-state index in [2.05, 4.69) is 59.6 Å². The number of hydrogen-bond donors (Lipinski definition) is 0. The molecular formula is C20H32. The van der Waals surface area contributed by atoms with Crippen LogP contribution in [-0.2, 0) is 0 Å². The summed E-state index contributed by atoms with van der Waals surface area (Å²) in [5.41, 5.74) is 4.36. The second-order valence-electron chi connectivity index (χ2n) is 7.06. The van der Waals surface area contributed by atoms with Crippen molar-refractivity contribution < 1.29 is 0 Å². The normalized spacial score (nSPS) is 29.6. The highest BCUT2D eigenvalue weighted by molar-refractivity contribution is 5.16. The van der Waals surface area contributed by atoms with Crippen LogP contribution in [0.5, 0.6) is 0 Å². The van der Waals surface area contributed by atoms with Crippen LogP contribution < -0.4 is 0 Å². The van der Waals surface area contributed by atoms with E-state index in [1.807, 2.05) is 0 Å². The molecule has 3 atom stereocenters. The van der Waals surface area contributed by atoms with Crippen molar-refractivity contribution >= 4 is 0 Å². The average molecular weight is 272 g/mol. The maximum atomic E-state index is 4.36. The molecule has 0 heteroatoms. The molecule has 0 N–H and O–H groups in total. The van der Waals surface area contributed by atoms with E-state index in [0.717, 1.165) is 12.8 Å². The Morgan fingerprint density at radius 2 is 1.90 bits per heavy atom. The molecule has 0 spiro atoms. The van der Waals surface area contributed by atoms with Gasteiger partial charge in [-0.1, -0.05) is 49.0 Å². The van der Waals surface area contributed by atoms with Crippen molar-refractivity contribution in [3.8, 4) is 0 Å².